The second-order valence-corrected chi connectivity index (χ2v) is 11.1. The number of carboxylic acid groups (broad SMARTS) is 1. The van der Waals surface area contributed by atoms with Crippen LogP contribution >= 0.6 is 0 Å². The lowest BCUT2D eigenvalue weighted by molar-refractivity contribution is -0.152. The number of carboxylic acids is 1. The number of benzene rings is 1. The van der Waals surface area contributed by atoms with E-state index in [1.807, 2.05) is 0 Å². The van der Waals surface area contributed by atoms with E-state index in [1.54, 1.807) is 12.1 Å². The molecule has 1 aromatic carbocycles. The van der Waals surface area contributed by atoms with Crippen LogP contribution in [0.3, 0.4) is 0 Å². The summed E-state index contributed by atoms with van der Waals surface area (Å²) in [6.45, 7) is 6.04. The third kappa shape index (κ3) is 4.09. The van der Waals surface area contributed by atoms with Crippen molar-refractivity contribution in [1.29, 1.82) is 0 Å². The number of hydrogen-bond acceptors (Lipinski definition) is 2. The Balaban J connectivity index is 1.35. The summed E-state index contributed by atoms with van der Waals surface area (Å²) in [4.78, 5) is 18.1. The van der Waals surface area contributed by atoms with Gasteiger partial charge in [0.15, 0.2) is 0 Å². The Morgan fingerprint density at radius 1 is 1.27 bits per heavy atom. The minimum absolute atomic E-state index is 0.0721. The zero-order valence-electron chi connectivity index (χ0n) is 19.8. The van der Waals surface area contributed by atoms with Gasteiger partial charge in [-0.15, -0.1) is 0 Å². The molecule has 1 unspecified atom stereocenters. The van der Waals surface area contributed by atoms with E-state index in [1.165, 1.54) is 17.3 Å². The molecule has 0 spiro atoms. The lowest BCUT2D eigenvalue weighted by Crippen LogP contribution is -2.47. The quantitative estimate of drug-likeness (QED) is 0.553. The molecule has 1 saturated carbocycles. The number of aromatic amines is 1. The highest BCUT2D eigenvalue weighted by Gasteiger charge is 2.42. The van der Waals surface area contributed by atoms with Crippen molar-refractivity contribution in [3.63, 3.8) is 0 Å². The van der Waals surface area contributed by atoms with Crippen LogP contribution in [0.2, 0.25) is 0 Å². The summed E-state index contributed by atoms with van der Waals surface area (Å²) < 4.78 is 28.0. The Hall–Kier alpha value is -1.95. The molecular weight excluding hydrogens is 422 g/mol. The highest BCUT2D eigenvalue weighted by molar-refractivity contribution is 5.86. The molecule has 0 bridgehead atoms. The maximum atomic E-state index is 14.0. The van der Waals surface area contributed by atoms with Crippen molar-refractivity contribution in [3.05, 3.63) is 35.0 Å². The number of H-pyrrole nitrogens is 1. The highest BCUT2D eigenvalue weighted by Crippen LogP contribution is 2.47. The van der Waals surface area contributed by atoms with Gasteiger partial charge in [-0.1, -0.05) is 32.3 Å². The molecule has 3 aliphatic rings. The van der Waals surface area contributed by atoms with E-state index >= 15 is 0 Å². The molecule has 0 amide bonds. The van der Waals surface area contributed by atoms with Gasteiger partial charge < -0.3 is 15.0 Å². The highest BCUT2D eigenvalue weighted by atomic mass is 19.3. The van der Waals surface area contributed by atoms with Crippen LogP contribution in [0.1, 0.15) is 81.5 Å². The van der Waals surface area contributed by atoms with Crippen molar-refractivity contribution >= 4 is 16.9 Å². The number of piperidine rings is 1. The third-order valence-electron chi connectivity index (χ3n) is 9.05. The Morgan fingerprint density at radius 2 is 2.03 bits per heavy atom. The summed E-state index contributed by atoms with van der Waals surface area (Å²) in [6, 6.07) is 5.02. The Morgan fingerprint density at radius 3 is 2.73 bits per heavy atom. The van der Waals surface area contributed by atoms with Crippen LogP contribution in [-0.4, -0.2) is 40.6 Å². The molecule has 180 valence electrons. The number of aliphatic carboxylic acids is 1. The van der Waals surface area contributed by atoms with Gasteiger partial charge in [0.05, 0.1) is 5.41 Å². The Labute approximate surface area is 194 Å². The van der Waals surface area contributed by atoms with Crippen LogP contribution in [0.4, 0.5) is 8.78 Å². The number of aromatic nitrogens is 1. The fourth-order valence-corrected chi connectivity index (χ4v) is 6.99. The van der Waals surface area contributed by atoms with E-state index in [9.17, 15) is 18.7 Å². The van der Waals surface area contributed by atoms with Crippen LogP contribution in [-0.2, 0) is 17.1 Å². The monoisotopic (exact) mass is 458 g/mol. The third-order valence-corrected chi connectivity index (χ3v) is 9.05. The van der Waals surface area contributed by atoms with Gasteiger partial charge in [-0.2, -0.15) is 0 Å². The molecule has 33 heavy (non-hydrogen) atoms. The molecule has 6 heteroatoms. The number of hydrogen-bond donors (Lipinski definition) is 2. The van der Waals surface area contributed by atoms with Gasteiger partial charge in [-0.05, 0) is 80.6 Å². The first-order chi connectivity index (χ1) is 15.7. The van der Waals surface area contributed by atoms with E-state index in [0.29, 0.717) is 17.8 Å². The predicted octanol–water partition coefficient (Wildman–Crippen LogP) is 6.30. The van der Waals surface area contributed by atoms with Crippen LogP contribution in [0.5, 0.6) is 0 Å². The standard InChI is InChI=1S/C27H36F2N2O2/c1-17-21-16-31(13-11-27(25(32)33)9-4-3-5-10-27)12-8-18(21)14-23-24(17)20-15-19(26(2,28)29)6-7-22(20)30-23/h6-7,15,17-18,21,30H,3-5,8-14,16H2,1-2H3,(H,32,33)/t17-,18-,21?/m1/s1. The molecule has 4 nitrogen and oxygen atoms in total. The topological polar surface area (TPSA) is 56.3 Å². The van der Waals surface area contributed by atoms with Crippen molar-refractivity contribution in [1.82, 2.24) is 9.88 Å². The molecule has 2 aromatic rings. The molecule has 2 aliphatic carbocycles. The maximum absolute atomic E-state index is 14.0. The van der Waals surface area contributed by atoms with E-state index < -0.39 is 17.3 Å². The van der Waals surface area contributed by atoms with Crippen molar-refractivity contribution in [2.75, 3.05) is 19.6 Å². The van der Waals surface area contributed by atoms with Crippen molar-refractivity contribution in [2.24, 2.45) is 17.3 Å². The number of fused-ring (bicyclic) bond motifs is 4. The zero-order chi connectivity index (χ0) is 23.4. The summed E-state index contributed by atoms with van der Waals surface area (Å²) in [5.41, 5.74) is 2.92. The SMILES string of the molecule is C[C@H]1c2c([nH]c3ccc(C(C)(F)F)cc23)C[C@H]2CCN(CCC3(C(=O)O)CCCCC3)CC21. The minimum atomic E-state index is -2.85. The fraction of sp³-hybridized carbons (Fsp3) is 0.667. The maximum Gasteiger partial charge on any atom is 0.309 e. The van der Waals surface area contributed by atoms with Crippen LogP contribution in [0.25, 0.3) is 10.9 Å². The van der Waals surface area contributed by atoms with E-state index in [4.69, 9.17) is 0 Å². The van der Waals surface area contributed by atoms with Crippen LogP contribution < -0.4 is 0 Å². The first kappa shape index (κ1) is 22.8. The van der Waals surface area contributed by atoms with Gasteiger partial charge in [0.1, 0.15) is 0 Å². The number of nitrogens with one attached hydrogen (secondary N) is 1. The molecular formula is C27H36F2N2O2. The van der Waals surface area contributed by atoms with Gasteiger partial charge in [-0.3, -0.25) is 4.79 Å². The zero-order valence-corrected chi connectivity index (χ0v) is 19.8. The summed E-state index contributed by atoms with van der Waals surface area (Å²) in [5.74, 6) is -2.11. The van der Waals surface area contributed by atoms with Crippen molar-refractivity contribution < 1.29 is 18.7 Å². The fourth-order valence-electron chi connectivity index (χ4n) is 6.99. The average Bonchev–Trinajstić information content (AvgIpc) is 3.15. The Kier molecular flexibility index (Phi) is 5.79. The molecule has 2 N–H and O–H groups in total. The van der Waals surface area contributed by atoms with Gasteiger partial charge in [0, 0.05) is 35.6 Å². The average molecular weight is 459 g/mol. The smallest absolute Gasteiger partial charge is 0.309 e. The molecule has 1 aliphatic heterocycles. The first-order valence-corrected chi connectivity index (χ1v) is 12.7. The lowest BCUT2D eigenvalue weighted by atomic mass is 9.67. The van der Waals surface area contributed by atoms with Crippen molar-refractivity contribution in [3.8, 4) is 0 Å². The molecule has 1 saturated heterocycles. The molecule has 2 fully saturated rings. The van der Waals surface area contributed by atoms with E-state index in [2.05, 4.69) is 16.8 Å². The summed E-state index contributed by atoms with van der Waals surface area (Å²) in [7, 11) is 0. The number of rotatable bonds is 5. The summed E-state index contributed by atoms with van der Waals surface area (Å²) in [6.07, 6.45) is 7.64. The van der Waals surface area contributed by atoms with Gasteiger partial charge in [0.2, 0.25) is 0 Å². The molecule has 0 radical (unpaired) electrons. The normalized spacial score (nSPS) is 27.8. The second kappa shape index (κ2) is 8.37. The first-order valence-electron chi connectivity index (χ1n) is 12.7. The van der Waals surface area contributed by atoms with Gasteiger partial charge >= 0.3 is 5.97 Å². The predicted molar refractivity (Wildman–Crippen MR) is 126 cm³/mol. The number of likely N-dealkylation sites (tertiary alicyclic amines) is 1. The van der Waals surface area contributed by atoms with Crippen LogP contribution in [0, 0.1) is 17.3 Å². The van der Waals surface area contributed by atoms with Crippen molar-refractivity contribution in [2.45, 2.75) is 77.1 Å². The summed E-state index contributed by atoms with van der Waals surface area (Å²) in [5, 5.41) is 10.9. The van der Waals surface area contributed by atoms with Crippen LogP contribution in [0.15, 0.2) is 18.2 Å². The second-order valence-electron chi connectivity index (χ2n) is 11.1. The minimum Gasteiger partial charge on any atom is -0.481 e. The number of carbonyl (C=O) groups is 1. The van der Waals surface area contributed by atoms with E-state index in [-0.39, 0.29) is 5.56 Å². The molecule has 3 atom stereocenters. The van der Waals surface area contributed by atoms with Gasteiger partial charge in [0.25, 0.3) is 5.92 Å². The number of nitrogens with zero attached hydrogens (tertiary/aromatic N) is 1. The molecule has 5 rings (SSSR count). The lowest BCUT2D eigenvalue weighted by Gasteiger charge is -2.45. The Bertz CT molecular complexity index is 1030. The molecule has 2 heterocycles. The number of halogens is 2. The summed E-state index contributed by atoms with van der Waals surface area (Å²) >= 11 is 0. The largest absolute Gasteiger partial charge is 0.481 e. The number of alkyl halides is 2. The van der Waals surface area contributed by atoms with Gasteiger partial charge in [-0.25, -0.2) is 8.78 Å². The molecule has 1 aromatic heterocycles. The van der Waals surface area contributed by atoms with E-state index in [0.717, 1.165) is 88.8 Å².